The van der Waals surface area contributed by atoms with Crippen LogP contribution in [0.5, 0.6) is 0 Å². The minimum Gasteiger partial charge on any atom is -0.372 e. The number of benzene rings is 1. The first-order valence-electron chi connectivity index (χ1n) is 9.19. The van der Waals surface area contributed by atoms with Crippen LogP contribution in [0.4, 0.5) is 11.6 Å². The number of H-pyrrole nitrogens is 1. The minimum absolute atomic E-state index is 0.285. The van der Waals surface area contributed by atoms with Crippen molar-refractivity contribution in [3.05, 3.63) is 63.4 Å². The summed E-state index contributed by atoms with van der Waals surface area (Å²) < 4.78 is 0. The number of aromatic amines is 1. The maximum absolute atomic E-state index is 12.5. The lowest BCUT2D eigenvalue weighted by molar-refractivity contribution is 0.784. The lowest BCUT2D eigenvalue weighted by atomic mass is 10.2. The third kappa shape index (κ3) is 4.55. The number of aromatic nitrogens is 4. The van der Waals surface area contributed by atoms with E-state index >= 15 is 0 Å². The molecule has 1 unspecified atom stereocenters. The third-order valence-corrected chi connectivity index (χ3v) is 4.50. The highest BCUT2D eigenvalue weighted by atomic mass is 35.5. The van der Waals surface area contributed by atoms with Gasteiger partial charge in [0, 0.05) is 7.05 Å². The van der Waals surface area contributed by atoms with Crippen LogP contribution >= 0.6 is 11.6 Å². The predicted molar refractivity (Wildman–Crippen MR) is 117 cm³/mol. The van der Waals surface area contributed by atoms with E-state index in [9.17, 15) is 4.79 Å². The Morgan fingerprint density at radius 3 is 2.86 bits per heavy atom. The number of halogens is 1. The number of hydrogen-bond acceptors (Lipinski definition) is 6. The van der Waals surface area contributed by atoms with Crippen molar-refractivity contribution < 1.29 is 0 Å². The molecule has 2 heterocycles. The van der Waals surface area contributed by atoms with Crippen LogP contribution in [0.1, 0.15) is 37.7 Å². The van der Waals surface area contributed by atoms with Crippen molar-refractivity contribution in [1.82, 2.24) is 19.9 Å². The maximum atomic E-state index is 12.5. The van der Waals surface area contributed by atoms with Crippen molar-refractivity contribution >= 4 is 34.1 Å². The molecule has 0 amide bonds. The summed E-state index contributed by atoms with van der Waals surface area (Å²) in [7, 11) is 1.77. The van der Waals surface area contributed by atoms with E-state index in [0.29, 0.717) is 38.9 Å². The first kappa shape index (κ1) is 20.4. The molecule has 0 aliphatic rings. The number of anilines is 2. The van der Waals surface area contributed by atoms with E-state index in [0.717, 1.165) is 6.42 Å². The average Bonchev–Trinajstić information content (AvgIpc) is 2.71. The van der Waals surface area contributed by atoms with Gasteiger partial charge >= 0.3 is 0 Å². The standard InChI is InChI=1S/C21H21ClN6O/c1-4-5-6-7-9-14-19(23-3)24-12-25-20(14)26-13(2)18-27-16-11-8-10-15(22)17(16)21(29)28-18/h5-6,8,10-13H,4H2,1-3H3,(H,27,28,29)(H2,23,24,25,26). The molecule has 3 aromatic rings. The van der Waals surface area contributed by atoms with E-state index in [1.54, 1.807) is 31.3 Å². The molecule has 0 spiro atoms. The van der Waals surface area contributed by atoms with Crippen molar-refractivity contribution in [2.24, 2.45) is 0 Å². The Morgan fingerprint density at radius 1 is 1.31 bits per heavy atom. The molecule has 0 bridgehead atoms. The Morgan fingerprint density at radius 2 is 2.10 bits per heavy atom. The van der Waals surface area contributed by atoms with Crippen molar-refractivity contribution in [2.45, 2.75) is 26.3 Å². The molecular weight excluding hydrogens is 388 g/mol. The number of rotatable bonds is 5. The Labute approximate surface area is 173 Å². The highest BCUT2D eigenvalue weighted by Crippen LogP contribution is 2.23. The van der Waals surface area contributed by atoms with Gasteiger partial charge in [-0.15, -0.1) is 0 Å². The SMILES string of the molecule is CCC=CC#Cc1c(NC)ncnc1NC(C)c1nc2cccc(Cl)c2c(=O)[nH]1. The Bertz CT molecular complexity index is 1180. The third-order valence-electron chi connectivity index (χ3n) is 4.18. The lowest BCUT2D eigenvalue weighted by Gasteiger charge is -2.16. The Hall–Kier alpha value is -3.37. The molecule has 0 saturated carbocycles. The summed E-state index contributed by atoms with van der Waals surface area (Å²) in [5.74, 6) is 7.69. The van der Waals surface area contributed by atoms with Gasteiger partial charge in [-0.2, -0.15) is 0 Å². The number of hydrogen-bond donors (Lipinski definition) is 3. The van der Waals surface area contributed by atoms with Crippen LogP contribution in [-0.4, -0.2) is 27.0 Å². The van der Waals surface area contributed by atoms with Crippen molar-refractivity contribution in [3.63, 3.8) is 0 Å². The quantitative estimate of drug-likeness (QED) is 0.554. The van der Waals surface area contributed by atoms with Gasteiger partial charge in [-0.3, -0.25) is 4.79 Å². The molecule has 8 heteroatoms. The first-order chi connectivity index (χ1) is 14.0. The van der Waals surface area contributed by atoms with Crippen molar-refractivity contribution in [2.75, 3.05) is 17.7 Å². The van der Waals surface area contributed by atoms with Gasteiger partial charge in [-0.1, -0.05) is 42.5 Å². The van der Waals surface area contributed by atoms with Crippen LogP contribution in [0.3, 0.4) is 0 Å². The second kappa shape index (κ2) is 9.22. The summed E-state index contributed by atoms with van der Waals surface area (Å²) in [5, 5.41) is 7.03. The zero-order chi connectivity index (χ0) is 20.8. The molecule has 0 saturated heterocycles. The fourth-order valence-electron chi connectivity index (χ4n) is 2.74. The fourth-order valence-corrected chi connectivity index (χ4v) is 2.99. The van der Waals surface area contributed by atoms with Gasteiger partial charge in [0.15, 0.2) is 0 Å². The molecule has 2 aromatic heterocycles. The van der Waals surface area contributed by atoms with Gasteiger partial charge in [0.25, 0.3) is 5.56 Å². The van der Waals surface area contributed by atoms with Crippen molar-refractivity contribution in [3.8, 4) is 11.8 Å². The second-order valence-electron chi connectivity index (χ2n) is 6.23. The van der Waals surface area contributed by atoms with E-state index < -0.39 is 0 Å². The van der Waals surface area contributed by atoms with Gasteiger partial charge in [-0.05, 0) is 31.6 Å². The largest absolute Gasteiger partial charge is 0.372 e. The molecule has 1 aromatic carbocycles. The van der Waals surface area contributed by atoms with Gasteiger partial charge < -0.3 is 15.6 Å². The zero-order valence-corrected chi connectivity index (χ0v) is 17.1. The molecule has 0 radical (unpaired) electrons. The highest BCUT2D eigenvalue weighted by Gasteiger charge is 2.16. The molecule has 29 heavy (non-hydrogen) atoms. The molecule has 0 fully saturated rings. The van der Waals surface area contributed by atoms with Gasteiger partial charge in [0.2, 0.25) is 0 Å². The normalized spacial score (nSPS) is 11.9. The summed E-state index contributed by atoms with van der Waals surface area (Å²) in [4.78, 5) is 28.4. The molecule has 1 atom stereocenters. The fraction of sp³-hybridized carbons (Fsp3) is 0.238. The Kier molecular flexibility index (Phi) is 6.47. The monoisotopic (exact) mass is 408 g/mol. The second-order valence-corrected chi connectivity index (χ2v) is 6.63. The summed E-state index contributed by atoms with van der Waals surface area (Å²) in [5.41, 5.74) is 0.884. The Balaban J connectivity index is 1.98. The maximum Gasteiger partial charge on any atom is 0.260 e. The molecule has 3 rings (SSSR count). The first-order valence-corrected chi connectivity index (χ1v) is 9.57. The topological polar surface area (TPSA) is 95.6 Å². The summed E-state index contributed by atoms with van der Waals surface area (Å²) in [6, 6.07) is 4.85. The van der Waals surface area contributed by atoms with E-state index in [1.165, 1.54) is 6.33 Å². The van der Waals surface area contributed by atoms with Crippen LogP contribution < -0.4 is 16.2 Å². The van der Waals surface area contributed by atoms with E-state index in [4.69, 9.17) is 11.6 Å². The van der Waals surface area contributed by atoms with Gasteiger partial charge in [-0.25, -0.2) is 15.0 Å². The van der Waals surface area contributed by atoms with E-state index in [-0.39, 0.29) is 11.6 Å². The summed E-state index contributed by atoms with van der Waals surface area (Å²) >= 11 is 6.13. The predicted octanol–water partition coefficient (Wildman–Crippen LogP) is 3.90. The average molecular weight is 409 g/mol. The van der Waals surface area contributed by atoms with Crippen molar-refractivity contribution in [1.29, 1.82) is 0 Å². The van der Waals surface area contributed by atoms with E-state index in [2.05, 4.69) is 42.4 Å². The summed E-state index contributed by atoms with van der Waals surface area (Å²) in [6.07, 6.45) is 6.13. The number of nitrogens with zero attached hydrogens (tertiary/aromatic N) is 3. The summed E-state index contributed by atoms with van der Waals surface area (Å²) in [6.45, 7) is 3.92. The van der Waals surface area contributed by atoms with Gasteiger partial charge in [0.1, 0.15) is 29.4 Å². The molecule has 148 valence electrons. The van der Waals surface area contributed by atoms with Gasteiger partial charge in [0.05, 0.1) is 22.0 Å². The van der Waals surface area contributed by atoms with Crippen LogP contribution in [-0.2, 0) is 0 Å². The number of allylic oxidation sites excluding steroid dienone is 2. The van der Waals surface area contributed by atoms with E-state index in [1.807, 2.05) is 19.9 Å². The molecule has 0 aliphatic heterocycles. The lowest BCUT2D eigenvalue weighted by Crippen LogP contribution is -2.19. The molecule has 3 N–H and O–H groups in total. The van der Waals surface area contributed by atoms with Crippen LogP contribution in [0, 0.1) is 11.8 Å². The van der Waals surface area contributed by atoms with Crippen LogP contribution in [0.25, 0.3) is 10.9 Å². The van der Waals surface area contributed by atoms with Crippen LogP contribution in [0.15, 0.2) is 41.5 Å². The zero-order valence-electron chi connectivity index (χ0n) is 16.4. The smallest absolute Gasteiger partial charge is 0.260 e. The molecule has 7 nitrogen and oxygen atoms in total. The number of fused-ring (bicyclic) bond motifs is 1. The number of nitrogens with one attached hydrogen (secondary N) is 3. The molecule has 0 aliphatic carbocycles. The van der Waals surface area contributed by atoms with Crippen LogP contribution in [0.2, 0.25) is 5.02 Å². The minimum atomic E-state index is -0.336. The molecular formula is C21H21ClN6O. The highest BCUT2D eigenvalue weighted by molar-refractivity contribution is 6.35.